The molecule has 2 N–H and O–H groups in total. The van der Waals surface area contributed by atoms with Crippen molar-refractivity contribution in [3.8, 4) is 0 Å². The smallest absolute Gasteiger partial charge is 0.337 e. The zero-order valence-electron chi connectivity index (χ0n) is 14.2. The topological polar surface area (TPSA) is 84.5 Å². The van der Waals surface area contributed by atoms with Crippen molar-refractivity contribution in [1.29, 1.82) is 0 Å². The van der Waals surface area contributed by atoms with Gasteiger partial charge in [0.05, 0.1) is 12.7 Å². The van der Waals surface area contributed by atoms with Crippen LogP contribution in [0.2, 0.25) is 0 Å². The minimum absolute atomic E-state index is 0.297. The molecule has 0 aromatic heterocycles. The summed E-state index contributed by atoms with van der Waals surface area (Å²) in [6.45, 7) is 2.33. The average Bonchev–Trinajstić information content (AvgIpc) is 2.60. The van der Waals surface area contributed by atoms with E-state index in [9.17, 15) is 14.4 Å². The minimum atomic E-state index is -0.493. The highest BCUT2D eigenvalue weighted by Crippen LogP contribution is 2.12. The van der Waals surface area contributed by atoms with Crippen molar-refractivity contribution in [2.45, 2.75) is 19.9 Å². The molecule has 0 saturated carbocycles. The van der Waals surface area contributed by atoms with Gasteiger partial charge in [0.1, 0.15) is 6.42 Å². The molecule has 0 fully saturated rings. The molecule has 0 aliphatic carbocycles. The summed E-state index contributed by atoms with van der Waals surface area (Å²) in [6.07, 6.45) is -0.297. The summed E-state index contributed by atoms with van der Waals surface area (Å²) in [5.41, 5.74) is 2.83. The third-order valence-corrected chi connectivity index (χ3v) is 3.63. The molecule has 0 unspecified atom stereocenters. The molecule has 0 saturated heterocycles. The highest BCUT2D eigenvalue weighted by atomic mass is 16.5. The number of methoxy groups -OCH3 is 1. The Morgan fingerprint density at radius 3 is 2.48 bits per heavy atom. The molecule has 0 bridgehead atoms. The van der Waals surface area contributed by atoms with Crippen molar-refractivity contribution in [3.05, 3.63) is 65.2 Å². The fourth-order valence-corrected chi connectivity index (χ4v) is 2.26. The number of anilines is 1. The van der Waals surface area contributed by atoms with Gasteiger partial charge < -0.3 is 15.4 Å². The van der Waals surface area contributed by atoms with E-state index in [2.05, 4.69) is 15.4 Å². The van der Waals surface area contributed by atoms with Crippen LogP contribution in [0.4, 0.5) is 5.69 Å². The van der Waals surface area contributed by atoms with E-state index in [4.69, 9.17) is 0 Å². The summed E-state index contributed by atoms with van der Waals surface area (Å²) < 4.78 is 4.63. The molecule has 2 amide bonds. The number of carbonyl (C=O) groups excluding carboxylic acids is 3. The lowest BCUT2D eigenvalue weighted by atomic mass is 10.1. The Morgan fingerprint density at radius 1 is 1.00 bits per heavy atom. The predicted molar refractivity (Wildman–Crippen MR) is 94.1 cm³/mol. The van der Waals surface area contributed by atoms with Crippen molar-refractivity contribution in [3.63, 3.8) is 0 Å². The average molecular weight is 340 g/mol. The van der Waals surface area contributed by atoms with Crippen LogP contribution in [-0.4, -0.2) is 24.9 Å². The molecule has 130 valence electrons. The number of hydrogen-bond donors (Lipinski definition) is 2. The Morgan fingerprint density at radius 2 is 1.76 bits per heavy atom. The van der Waals surface area contributed by atoms with Crippen molar-refractivity contribution < 1.29 is 19.1 Å². The van der Waals surface area contributed by atoms with Crippen LogP contribution in [0.3, 0.4) is 0 Å². The van der Waals surface area contributed by atoms with Crippen LogP contribution in [0, 0.1) is 6.92 Å². The molecule has 0 aliphatic heterocycles. The normalized spacial score (nSPS) is 10.0. The first kappa shape index (κ1) is 18.2. The first-order valence-electron chi connectivity index (χ1n) is 7.79. The SMILES string of the molecule is COC(=O)c1cccc(NC(=O)CC(=O)NCc2ccccc2C)c1. The minimum Gasteiger partial charge on any atom is -0.465 e. The molecule has 25 heavy (non-hydrogen) atoms. The summed E-state index contributed by atoms with van der Waals surface area (Å²) in [6, 6.07) is 14.0. The third kappa shape index (κ3) is 5.46. The number of aryl methyl sites for hydroxylation is 1. The van der Waals surface area contributed by atoms with Gasteiger partial charge >= 0.3 is 5.97 Å². The molecule has 6 nitrogen and oxygen atoms in total. The Labute approximate surface area is 146 Å². The van der Waals surface area contributed by atoms with Gasteiger partial charge in [0.2, 0.25) is 11.8 Å². The van der Waals surface area contributed by atoms with Gasteiger partial charge in [-0.05, 0) is 36.2 Å². The molecule has 6 heteroatoms. The third-order valence-electron chi connectivity index (χ3n) is 3.63. The van der Waals surface area contributed by atoms with Crippen molar-refractivity contribution in [2.24, 2.45) is 0 Å². The molecule has 0 aliphatic rings. The highest BCUT2D eigenvalue weighted by molar-refractivity contribution is 6.04. The Kier molecular flexibility index (Phi) is 6.28. The number of hydrogen-bond acceptors (Lipinski definition) is 4. The molecular formula is C19H20N2O4. The van der Waals surface area contributed by atoms with Crippen LogP contribution in [0.25, 0.3) is 0 Å². The van der Waals surface area contributed by atoms with Crippen LogP contribution >= 0.6 is 0 Å². The number of esters is 1. The van der Waals surface area contributed by atoms with Crippen LogP contribution in [0.15, 0.2) is 48.5 Å². The Bertz CT molecular complexity index is 786. The quantitative estimate of drug-likeness (QED) is 0.625. The van der Waals surface area contributed by atoms with E-state index in [-0.39, 0.29) is 12.3 Å². The first-order chi connectivity index (χ1) is 12.0. The molecule has 2 rings (SSSR count). The predicted octanol–water partition coefficient (Wildman–Crippen LogP) is 2.43. The van der Waals surface area contributed by atoms with E-state index < -0.39 is 11.9 Å². The van der Waals surface area contributed by atoms with Crippen LogP contribution in [-0.2, 0) is 20.9 Å². The van der Waals surface area contributed by atoms with Gasteiger partial charge in [-0.2, -0.15) is 0 Å². The van der Waals surface area contributed by atoms with Crippen molar-refractivity contribution >= 4 is 23.5 Å². The number of benzene rings is 2. The lowest BCUT2D eigenvalue weighted by molar-refractivity contribution is -0.126. The monoisotopic (exact) mass is 340 g/mol. The molecule has 0 heterocycles. The number of rotatable bonds is 6. The van der Waals surface area contributed by atoms with E-state index in [1.807, 2.05) is 31.2 Å². The maximum absolute atomic E-state index is 12.0. The summed E-state index contributed by atoms with van der Waals surface area (Å²) in [5.74, 6) is -1.32. The lowest BCUT2D eigenvalue weighted by Gasteiger charge is -2.09. The van der Waals surface area contributed by atoms with Gasteiger partial charge in [0.15, 0.2) is 0 Å². The second-order valence-corrected chi connectivity index (χ2v) is 5.50. The van der Waals surface area contributed by atoms with Crippen molar-refractivity contribution in [2.75, 3.05) is 12.4 Å². The van der Waals surface area contributed by atoms with Gasteiger partial charge in [0.25, 0.3) is 0 Å². The summed E-state index contributed by atoms with van der Waals surface area (Å²) in [7, 11) is 1.28. The van der Waals surface area contributed by atoms with E-state index in [1.54, 1.807) is 18.2 Å². The summed E-state index contributed by atoms with van der Waals surface area (Å²) >= 11 is 0. The number of carbonyl (C=O) groups is 3. The van der Waals surface area contributed by atoms with E-state index in [0.29, 0.717) is 17.8 Å². The molecule has 2 aromatic carbocycles. The lowest BCUT2D eigenvalue weighted by Crippen LogP contribution is -2.28. The van der Waals surface area contributed by atoms with Crippen LogP contribution in [0.1, 0.15) is 27.9 Å². The first-order valence-corrected chi connectivity index (χ1v) is 7.79. The molecule has 2 aromatic rings. The standard InChI is InChI=1S/C19H20N2O4/c1-13-6-3-4-7-15(13)12-20-17(22)11-18(23)21-16-9-5-8-14(10-16)19(24)25-2/h3-10H,11-12H2,1-2H3,(H,20,22)(H,21,23). The van der Waals surface area contributed by atoms with Crippen molar-refractivity contribution in [1.82, 2.24) is 5.32 Å². The van der Waals surface area contributed by atoms with Gasteiger partial charge in [-0.25, -0.2) is 4.79 Å². The van der Waals surface area contributed by atoms with Gasteiger partial charge in [-0.1, -0.05) is 30.3 Å². The van der Waals surface area contributed by atoms with E-state index in [1.165, 1.54) is 13.2 Å². The van der Waals surface area contributed by atoms with Crippen LogP contribution < -0.4 is 10.6 Å². The number of amides is 2. The maximum Gasteiger partial charge on any atom is 0.337 e. The number of ether oxygens (including phenoxy) is 1. The number of nitrogens with one attached hydrogen (secondary N) is 2. The second-order valence-electron chi connectivity index (χ2n) is 5.50. The fourth-order valence-electron chi connectivity index (χ4n) is 2.26. The van der Waals surface area contributed by atoms with Gasteiger partial charge in [0, 0.05) is 12.2 Å². The summed E-state index contributed by atoms with van der Waals surface area (Å²) in [4.78, 5) is 35.3. The van der Waals surface area contributed by atoms with E-state index in [0.717, 1.165) is 11.1 Å². The van der Waals surface area contributed by atoms with Crippen LogP contribution in [0.5, 0.6) is 0 Å². The Balaban J connectivity index is 1.86. The summed E-state index contributed by atoms with van der Waals surface area (Å²) in [5, 5.41) is 5.32. The largest absolute Gasteiger partial charge is 0.465 e. The molecule has 0 atom stereocenters. The highest BCUT2D eigenvalue weighted by Gasteiger charge is 2.11. The molecule has 0 radical (unpaired) electrons. The van der Waals surface area contributed by atoms with E-state index >= 15 is 0 Å². The second kappa shape index (κ2) is 8.63. The zero-order chi connectivity index (χ0) is 18.2. The van der Waals surface area contributed by atoms with Gasteiger partial charge in [-0.3, -0.25) is 9.59 Å². The Hall–Kier alpha value is -3.15. The molecule has 0 spiro atoms. The zero-order valence-corrected chi connectivity index (χ0v) is 14.2. The molecular weight excluding hydrogens is 320 g/mol. The maximum atomic E-state index is 12.0. The fraction of sp³-hybridized carbons (Fsp3) is 0.211. The van der Waals surface area contributed by atoms with Gasteiger partial charge in [-0.15, -0.1) is 0 Å².